The van der Waals surface area contributed by atoms with Gasteiger partial charge in [0.25, 0.3) is 0 Å². The zero-order chi connectivity index (χ0) is 15.2. The molecule has 1 aromatic carbocycles. The van der Waals surface area contributed by atoms with E-state index in [1.54, 1.807) is 6.07 Å². The van der Waals surface area contributed by atoms with E-state index in [1.165, 1.54) is 31.2 Å². The van der Waals surface area contributed by atoms with E-state index >= 15 is 0 Å². The van der Waals surface area contributed by atoms with Gasteiger partial charge in [-0.1, -0.05) is 50.8 Å². The lowest BCUT2D eigenvalue weighted by atomic mass is 9.69. The molecule has 1 aliphatic rings. The van der Waals surface area contributed by atoms with Gasteiger partial charge in [0.05, 0.1) is 0 Å². The Morgan fingerprint density at radius 1 is 1.24 bits per heavy atom. The molecule has 0 aliphatic heterocycles. The molecule has 1 aromatic rings. The fourth-order valence-electron chi connectivity index (χ4n) is 3.89. The Morgan fingerprint density at radius 3 is 2.76 bits per heavy atom. The van der Waals surface area contributed by atoms with Crippen molar-refractivity contribution in [2.24, 2.45) is 11.8 Å². The van der Waals surface area contributed by atoms with Crippen molar-refractivity contribution in [3.8, 4) is 0 Å². The molecule has 21 heavy (non-hydrogen) atoms. The zero-order valence-electron chi connectivity index (χ0n) is 13.8. The van der Waals surface area contributed by atoms with Crippen LogP contribution in [-0.2, 0) is 0 Å². The van der Waals surface area contributed by atoms with E-state index in [0.717, 1.165) is 31.0 Å². The third kappa shape index (κ3) is 4.29. The molecular weight excluding hydrogens is 261 g/mol. The SMILES string of the molecule is CCCC1CCC(CNCC)C(c2cc(C)ccc2F)C1. The number of hydrogen-bond acceptors (Lipinski definition) is 1. The smallest absolute Gasteiger partial charge is 0.126 e. The highest BCUT2D eigenvalue weighted by Gasteiger charge is 2.32. The van der Waals surface area contributed by atoms with Crippen LogP contribution < -0.4 is 5.32 Å². The second-order valence-corrected chi connectivity index (χ2v) is 6.67. The summed E-state index contributed by atoms with van der Waals surface area (Å²) >= 11 is 0. The van der Waals surface area contributed by atoms with Crippen molar-refractivity contribution in [2.75, 3.05) is 13.1 Å². The molecule has 0 spiro atoms. The molecule has 2 heteroatoms. The molecule has 0 heterocycles. The average molecular weight is 291 g/mol. The number of benzene rings is 1. The minimum absolute atomic E-state index is 0.00996. The number of nitrogens with one attached hydrogen (secondary N) is 1. The largest absolute Gasteiger partial charge is 0.317 e. The predicted octanol–water partition coefficient (Wildman–Crippen LogP) is 5.04. The van der Waals surface area contributed by atoms with E-state index in [4.69, 9.17) is 0 Å². The van der Waals surface area contributed by atoms with Gasteiger partial charge in [-0.15, -0.1) is 0 Å². The third-order valence-electron chi connectivity index (χ3n) is 5.01. The molecule has 1 fully saturated rings. The minimum Gasteiger partial charge on any atom is -0.317 e. The van der Waals surface area contributed by atoms with Crippen LogP contribution in [0, 0.1) is 24.6 Å². The van der Waals surface area contributed by atoms with Gasteiger partial charge in [0.1, 0.15) is 5.82 Å². The van der Waals surface area contributed by atoms with Crippen molar-refractivity contribution >= 4 is 0 Å². The molecule has 0 aromatic heterocycles. The van der Waals surface area contributed by atoms with Gasteiger partial charge in [-0.2, -0.15) is 0 Å². The summed E-state index contributed by atoms with van der Waals surface area (Å²) in [5.74, 6) is 1.73. The Bertz CT molecular complexity index is 443. The molecule has 1 aliphatic carbocycles. The molecule has 0 radical (unpaired) electrons. The number of halogens is 1. The molecule has 3 unspecified atom stereocenters. The van der Waals surface area contributed by atoms with Crippen molar-refractivity contribution in [1.82, 2.24) is 5.32 Å². The second kappa shape index (κ2) is 7.93. The van der Waals surface area contributed by atoms with Gasteiger partial charge in [0.15, 0.2) is 0 Å². The molecule has 2 rings (SSSR count). The van der Waals surface area contributed by atoms with E-state index in [9.17, 15) is 4.39 Å². The van der Waals surface area contributed by atoms with Crippen molar-refractivity contribution in [2.45, 2.75) is 58.8 Å². The van der Waals surface area contributed by atoms with Gasteiger partial charge in [0.2, 0.25) is 0 Å². The molecule has 0 amide bonds. The molecule has 1 N–H and O–H groups in total. The quantitative estimate of drug-likeness (QED) is 0.774. The number of hydrogen-bond donors (Lipinski definition) is 1. The standard InChI is InChI=1S/C19H30FN/c1-4-6-15-8-9-16(13-21-5-2)17(12-15)18-11-14(3)7-10-19(18)20/h7,10-11,15-17,21H,4-6,8-9,12-13H2,1-3H3. The van der Waals surface area contributed by atoms with E-state index < -0.39 is 0 Å². The lowest BCUT2D eigenvalue weighted by Crippen LogP contribution is -2.32. The first-order valence-corrected chi connectivity index (χ1v) is 8.62. The molecule has 0 saturated heterocycles. The Morgan fingerprint density at radius 2 is 2.05 bits per heavy atom. The van der Waals surface area contributed by atoms with Crippen molar-refractivity contribution < 1.29 is 4.39 Å². The summed E-state index contributed by atoms with van der Waals surface area (Å²) in [7, 11) is 0. The molecule has 1 nitrogen and oxygen atoms in total. The summed E-state index contributed by atoms with van der Waals surface area (Å²) in [4.78, 5) is 0. The Kier molecular flexibility index (Phi) is 6.22. The van der Waals surface area contributed by atoms with E-state index in [0.29, 0.717) is 11.8 Å². The minimum atomic E-state index is -0.00996. The lowest BCUT2D eigenvalue weighted by Gasteiger charge is -2.37. The van der Waals surface area contributed by atoms with Crippen LogP contribution in [0.4, 0.5) is 4.39 Å². The first-order valence-electron chi connectivity index (χ1n) is 8.62. The summed E-state index contributed by atoms with van der Waals surface area (Å²) < 4.78 is 14.3. The van der Waals surface area contributed by atoms with Crippen LogP contribution in [-0.4, -0.2) is 13.1 Å². The average Bonchev–Trinajstić information content (AvgIpc) is 2.48. The van der Waals surface area contributed by atoms with Gasteiger partial charge < -0.3 is 5.32 Å². The highest BCUT2D eigenvalue weighted by atomic mass is 19.1. The molecular formula is C19H30FN. The number of aryl methyl sites for hydroxylation is 1. The fourth-order valence-corrected chi connectivity index (χ4v) is 3.89. The van der Waals surface area contributed by atoms with Gasteiger partial charge in [-0.3, -0.25) is 0 Å². The van der Waals surface area contributed by atoms with Gasteiger partial charge >= 0.3 is 0 Å². The first kappa shape index (κ1) is 16.5. The van der Waals surface area contributed by atoms with Crippen LogP contribution in [0.5, 0.6) is 0 Å². The monoisotopic (exact) mass is 291 g/mol. The molecule has 1 saturated carbocycles. The Hall–Kier alpha value is -0.890. The molecule has 3 atom stereocenters. The number of rotatable bonds is 6. The van der Waals surface area contributed by atoms with Gasteiger partial charge in [-0.05, 0) is 62.2 Å². The van der Waals surface area contributed by atoms with Crippen LogP contribution in [0.1, 0.15) is 63.0 Å². The summed E-state index contributed by atoms with van der Waals surface area (Å²) in [5, 5.41) is 3.48. The summed E-state index contributed by atoms with van der Waals surface area (Å²) in [5.41, 5.74) is 2.13. The van der Waals surface area contributed by atoms with Crippen LogP contribution >= 0.6 is 0 Å². The van der Waals surface area contributed by atoms with Crippen molar-refractivity contribution in [1.29, 1.82) is 0 Å². The summed E-state index contributed by atoms with van der Waals surface area (Å²) in [6.07, 6.45) is 6.23. The van der Waals surface area contributed by atoms with Crippen molar-refractivity contribution in [3.05, 3.63) is 35.1 Å². The van der Waals surface area contributed by atoms with Gasteiger partial charge in [0, 0.05) is 0 Å². The van der Waals surface area contributed by atoms with Gasteiger partial charge in [-0.25, -0.2) is 4.39 Å². The second-order valence-electron chi connectivity index (χ2n) is 6.67. The normalized spacial score (nSPS) is 26.0. The maximum absolute atomic E-state index is 14.3. The third-order valence-corrected chi connectivity index (χ3v) is 5.01. The van der Waals surface area contributed by atoms with E-state index in [1.807, 2.05) is 6.07 Å². The highest BCUT2D eigenvalue weighted by molar-refractivity contribution is 5.28. The Labute approximate surface area is 129 Å². The highest BCUT2D eigenvalue weighted by Crippen LogP contribution is 2.42. The maximum atomic E-state index is 14.3. The zero-order valence-corrected chi connectivity index (χ0v) is 13.8. The van der Waals surface area contributed by atoms with E-state index in [2.05, 4.69) is 32.2 Å². The summed E-state index contributed by atoms with van der Waals surface area (Å²) in [6, 6.07) is 5.61. The molecule has 118 valence electrons. The van der Waals surface area contributed by atoms with Crippen LogP contribution in [0.15, 0.2) is 18.2 Å². The fraction of sp³-hybridized carbons (Fsp3) is 0.684. The predicted molar refractivity (Wildman–Crippen MR) is 88.2 cm³/mol. The lowest BCUT2D eigenvalue weighted by molar-refractivity contribution is 0.218. The Balaban J connectivity index is 2.20. The van der Waals surface area contributed by atoms with E-state index in [-0.39, 0.29) is 5.82 Å². The first-order chi connectivity index (χ1) is 10.2. The summed E-state index contributed by atoms with van der Waals surface area (Å²) in [6.45, 7) is 8.48. The topological polar surface area (TPSA) is 12.0 Å². The van der Waals surface area contributed by atoms with Crippen LogP contribution in [0.25, 0.3) is 0 Å². The molecule has 0 bridgehead atoms. The van der Waals surface area contributed by atoms with Crippen molar-refractivity contribution in [3.63, 3.8) is 0 Å². The van der Waals surface area contributed by atoms with Crippen LogP contribution in [0.2, 0.25) is 0 Å². The van der Waals surface area contributed by atoms with Crippen LogP contribution in [0.3, 0.4) is 0 Å². The maximum Gasteiger partial charge on any atom is 0.126 e.